The van der Waals surface area contributed by atoms with Crippen LogP contribution in [0.5, 0.6) is 0 Å². The van der Waals surface area contributed by atoms with E-state index in [1.165, 1.54) is 35.9 Å². The minimum atomic E-state index is -0.948. The Morgan fingerprint density at radius 1 is 1.26 bits per heavy atom. The van der Waals surface area contributed by atoms with E-state index < -0.39 is 20.1 Å². The van der Waals surface area contributed by atoms with Gasteiger partial charge in [0, 0.05) is 0 Å². The van der Waals surface area contributed by atoms with Gasteiger partial charge in [-0.1, -0.05) is 0 Å². The van der Waals surface area contributed by atoms with Crippen LogP contribution in [0.1, 0.15) is 32.3 Å². The summed E-state index contributed by atoms with van der Waals surface area (Å²) in [6, 6.07) is 10.9. The summed E-state index contributed by atoms with van der Waals surface area (Å²) in [4.78, 5) is 0. The van der Waals surface area contributed by atoms with Crippen LogP contribution in [-0.2, 0) is 10.2 Å². The third-order valence-electron chi connectivity index (χ3n) is 3.86. The van der Waals surface area contributed by atoms with Crippen LogP contribution < -0.4 is 0 Å². The minimum absolute atomic E-state index is 0.277. The van der Waals surface area contributed by atoms with Crippen LogP contribution in [0.3, 0.4) is 0 Å². The van der Waals surface area contributed by atoms with Gasteiger partial charge in [-0.2, -0.15) is 0 Å². The molecule has 0 atom stereocenters. The molecule has 0 bridgehead atoms. The summed E-state index contributed by atoms with van der Waals surface area (Å²) in [6.07, 6.45) is 2.63. The van der Waals surface area contributed by atoms with E-state index >= 15 is 0 Å². The molecule has 1 aliphatic heterocycles. The third-order valence-corrected chi connectivity index (χ3v) is 10.1. The fourth-order valence-corrected chi connectivity index (χ4v) is 7.81. The van der Waals surface area contributed by atoms with E-state index in [0.29, 0.717) is 0 Å². The van der Waals surface area contributed by atoms with Gasteiger partial charge in [-0.25, -0.2) is 0 Å². The van der Waals surface area contributed by atoms with E-state index in [1.54, 1.807) is 0 Å². The first-order chi connectivity index (χ1) is 9.13. The molecule has 1 aromatic carbocycles. The summed E-state index contributed by atoms with van der Waals surface area (Å²) < 4.78 is 10.6. The molecule has 108 valence electrons. The number of halogens is 1. The molecule has 0 radical (unpaired) electrons. The Labute approximate surface area is 125 Å². The van der Waals surface area contributed by atoms with E-state index in [4.69, 9.17) is 4.74 Å². The van der Waals surface area contributed by atoms with Gasteiger partial charge in [0.2, 0.25) is 0 Å². The molecule has 0 spiro atoms. The Morgan fingerprint density at radius 3 is 2.68 bits per heavy atom. The van der Waals surface area contributed by atoms with Gasteiger partial charge in [-0.15, -0.1) is 0 Å². The Kier molecular flexibility index (Phi) is 5.66. The number of alkyl halides is 2. The van der Waals surface area contributed by atoms with Crippen LogP contribution in [0.25, 0.3) is 0 Å². The molecule has 0 aromatic heterocycles. The van der Waals surface area contributed by atoms with Crippen molar-refractivity contribution in [2.45, 2.75) is 32.1 Å². The molecule has 19 heavy (non-hydrogen) atoms. The number of hydrogen-bond acceptors (Lipinski definition) is 2. The van der Waals surface area contributed by atoms with Crippen molar-refractivity contribution in [3.8, 4) is 0 Å². The summed E-state index contributed by atoms with van der Waals surface area (Å²) in [7, 11) is 1.85. The summed E-state index contributed by atoms with van der Waals surface area (Å²) in [6.45, 7) is 7.29. The Balaban J connectivity index is 1.91. The zero-order chi connectivity index (χ0) is 13.7. The van der Waals surface area contributed by atoms with Gasteiger partial charge in [0.15, 0.2) is 0 Å². The van der Waals surface area contributed by atoms with Crippen LogP contribution in [-0.4, -0.2) is 32.4 Å². The second-order valence-electron chi connectivity index (χ2n) is 5.78. The molecule has 3 heteroatoms. The molecule has 1 aliphatic rings. The summed E-state index contributed by atoms with van der Waals surface area (Å²) in [5.41, 5.74) is 1.74. The van der Waals surface area contributed by atoms with Gasteiger partial charge in [0.25, 0.3) is 0 Å². The average molecular weight is 375 g/mol. The predicted octanol–water partition coefficient (Wildman–Crippen LogP) is 4.09. The Morgan fingerprint density at radius 2 is 2.00 bits per heavy atom. The van der Waals surface area contributed by atoms with Gasteiger partial charge in [-0.05, 0) is 0 Å². The maximum absolute atomic E-state index is 5.40. The molecule has 2 rings (SSSR count). The molecular weight excluding hydrogens is 349 g/mol. The normalized spacial score (nSPS) is 19.0. The zero-order valence-electron chi connectivity index (χ0n) is 12.4. The van der Waals surface area contributed by atoms with Gasteiger partial charge in [-0.3, -0.25) is 0 Å². The molecule has 0 amide bonds. The Hall–Kier alpha value is -0.130. The third kappa shape index (κ3) is 4.17. The topological polar surface area (TPSA) is 12.5 Å². The van der Waals surface area contributed by atoms with E-state index in [-0.39, 0.29) is 5.41 Å². The van der Waals surface area contributed by atoms with E-state index in [2.05, 4.69) is 47.3 Å². The number of ether oxygens (including phenoxy) is 1. The molecule has 1 fully saturated rings. The van der Waals surface area contributed by atoms with Crippen molar-refractivity contribution in [3.63, 3.8) is 0 Å². The fraction of sp³-hybridized carbons (Fsp3) is 0.625. The zero-order valence-corrected chi connectivity index (χ0v) is 14.5. The van der Waals surface area contributed by atoms with E-state index in [9.17, 15) is 0 Å². The van der Waals surface area contributed by atoms with Crippen molar-refractivity contribution >= 4 is 20.1 Å². The molecule has 0 N–H and O–H groups in total. The molecule has 1 aromatic rings. The van der Waals surface area contributed by atoms with Crippen molar-refractivity contribution in [1.29, 1.82) is 0 Å². The van der Waals surface area contributed by atoms with Gasteiger partial charge in [0.05, 0.1) is 0 Å². The number of methoxy groups -OCH3 is 1. The van der Waals surface area contributed by atoms with Crippen molar-refractivity contribution < 1.29 is 4.74 Å². The number of hydrogen-bond donors (Lipinski definition) is 0. The second-order valence-corrected chi connectivity index (χ2v) is 11.3. The average Bonchev–Trinajstić information content (AvgIpc) is 2.86. The van der Waals surface area contributed by atoms with Gasteiger partial charge in [0.1, 0.15) is 0 Å². The van der Waals surface area contributed by atoms with E-state index in [1.807, 2.05) is 7.11 Å². The quantitative estimate of drug-likeness (QED) is 0.422. The van der Waals surface area contributed by atoms with E-state index in [0.717, 1.165) is 4.61 Å². The summed E-state index contributed by atoms with van der Waals surface area (Å²) in [5, 5.41) is 0. The van der Waals surface area contributed by atoms with Crippen molar-refractivity contribution in [2.75, 3.05) is 29.2 Å². The molecule has 0 unspecified atom stereocenters. The standard InChI is InChI=1S/C16H26INO/c1-16(2,15-8-5-4-6-9-15)10-13-18-12-7-11-17(18)14-19-3/h4-6,8-9H,7,10-14H2,1-3H3. The van der Waals surface area contributed by atoms with Gasteiger partial charge < -0.3 is 0 Å². The summed E-state index contributed by atoms with van der Waals surface area (Å²) >= 11 is -0.948. The maximum atomic E-state index is 5.40. The SMILES string of the molecule is COCI1CCCN1CCC(C)(C)c1ccccc1. The fourth-order valence-electron chi connectivity index (χ4n) is 2.54. The summed E-state index contributed by atoms with van der Waals surface area (Å²) in [5.74, 6) is 0. The van der Waals surface area contributed by atoms with Crippen molar-refractivity contribution in [3.05, 3.63) is 35.9 Å². The number of benzene rings is 1. The molecule has 0 aliphatic carbocycles. The van der Waals surface area contributed by atoms with Crippen LogP contribution in [0.15, 0.2) is 30.3 Å². The Bertz CT molecular complexity index is 380. The predicted molar refractivity (Wildman–Crippen MR) is 91.0 cm³/mol. The monoisotopic (exact) mass is 375 g/mol. The molecule has 1 saturated heterocycles. The first-order valence-corrected chi connectivity index (χ1v) is 11.1. The first-order valence-electron chi connectivity index (χ1n) is 7.05. The van der Waals surface area contributed by atoms with Crippen LogP contribution in [0.2, 0.25) is 0 Å². The molecular formula is C16H26INO. The van der Waals surface area contributed by atoms with Crippen molar-refractivity contribution in [1.82, 2.24) is 3.11 Å². The first kappa shape index (κ1) is 15.3. The van der Waals surface area contributed by atoms with Crippen LogP contribution in [0, 0.1) is 0 Å². The van der Waals surface area contributed by atoms with Crippen LogP contribution in [0.4, 0.5) is 0 Å². The van der Waals surface area contributed by atoms with Crippen molar-refractivity contribution in [2.24, 2.45) is 0 Å². The molecule has 0 saturated carbocycles. The molecule has 2 nitrogen and oxygen atoms in total. The van der Waals surface area contributed by atoms with Crippen LogP contribution >= 0.6 is 20.1 Å². The molecule has 1 heterocycles. The number of rotatable bonds is 6. The number of nitrogens with zero attached hydrogens (tertiary/aromatic N) is 1. The second kappa shape index (κ2) is 7.04. The van der Waals surface area contributed by atoms with Gasteiger partial charge >= 0.3 is 125 Å².